The third-order valence-electron chi connectivity index (χ3n) is 14.8. The first-order valence-electron chi connectivity index (χ1n) is 17.5. The number of carboxylic acids is 1. The van der Waals surface area contributed by atoms with Gasteiger partial charge in [0.15, 0.2) is 0 Å². The molecule has 4 saturated carbocycles. The molecule has 0 heterocycles. The van der Waals surface area contributed by atoms with Crippen LogP contribution in [0.15, 0.2) is 42.0 Å². The lowest BCUT2D eigenvalue weighted by Crippen LogP contribution is -2.65. The number of carbonyl (C=O) groups is 2. The van der Waals surface area contributed by atoms with Crippen molar-refractivity contribution in [3.8, 4) is 5.75 Å². The van der Waals surface area contributed by atoms with Crippen molar-refractivity contribution < 1.29 is 24.2 Å². The normalized spacial score (nSPS) is 41.5. The number of hydrogen-bond donors (Lipinski definition) is 1. The fourth-order valence-corrected chi connectivity index (χ4v) is 11.9. The molecule has 0 radical (unpaired) electrons. The van der Waals surface area contributed by atoms with Gasteiger partial charge in [-0.25, -0.2) is 4.79 Å². The molecule has 2 unspecified atom stereocenters. The number of aliphatic carboxylic acids is 1. The molecular weight excluding hydrogens is 560 g/mol. The van der Waals surface area contributed by atoms with Gasteiger partial charge in [0.2, 0.25) is 0 Å². The highest BCUT2D eigenvalue weighted by atomic mass is 16.5. The lowest BCUT2D eigenvalue weighted by molar-refractivity contribution is -0.212. The first-order valence-corrected chi connectivity index (χ1v) is 17.5. The monoisotopic (exact) mass is 616 g/mol. The Bertz CT molecular complexity index is 1400. The number of fused-ring (bicyclic) bond motifs is 7. The van der Waals surface area contributed by atoms with Crippen LogP contribution in [0, 0.1) is 50.2 Å². The number of methoxy groups -OCH3 is 1. The first-order chi connectivity index (χ1) is 21.0. The van der Waals surface area contributed by atoms with Gasteiger partial charge in [-0.2, -0.15) is 0 Å². The van der Waals surface area contributed by atoms with E-state index in [2.05, 4.69) is 54.5 Å². The quantitative estimate of drug-likeness (QED) is 0.203. The summed E-state index contributed by atoms with van der Waals surface area (Å²) >= 11 is 0. The van der Waals surface area contributed by atoms with Crippen molar-refractivity contribution in [1.29, 1.82) is 0 Å². The maximum absolute atomic E-state index is 13.1. The number of esters is 1. The molecule has 0 saturated heterocycles. The fraction of sp³-hybridized carbons (Fsp3) is 0.700. The van der Waals surface area contributed by atoms with E-state index in [9.17, 15) is 14.7 Å². The maximum Gasteiger partial charge on any atom is 0.331 e. The van der Waals surface area contributed by atoms with E-state index in [1.807, 2.05) is 30.3 Å². The van der Waals surface area contributed by atoms with Crippen LogP contribution in [0.5, 0.6) is 5.75 Å². The Morgan fingerprint density at radius 3 is 2.22 bits per heavy atom. The highest BCUT2D eigenvalue weighted by Gasteiger charge is 2.69. The topological polar surface area (TPSA) is 72.8 Å². The number of carboxylic acid groups (broad SMARTS) is 1. The minimum atomic E-state index is -0.600. The van der Waals surface area contributed by atoms with Crippen LogP contribution >= 0.6 is 0 Å². The van der Waals surface area contributed by atoms with Crippen molar-refractivity contribution >= 4 is 18.0 Å². The molecule has 0 aromatic heterocycles. The van der Waals surface area contributed by atoms with Gasteiger partial charge < -0.3 is 14.6 Å². The van der Waals surface area contributed by atoms with E-state index in [1.54, 1.807) is 13.2 Å². The third-order valence-corrected chi connectivity index (χ3v) is 14.8. The molecule has 1 N–H and O–H groups in total. The Balaban J connectivity index is 1.24. The standard InChI is InChI=1S/C40H56O5/c1-35(2)21-23-40(34(42)43)24-22-38(6)28(29(40)25-35)14-15-31-37(5)19-18-32(36(3,4)30(37)17-20-39(31,38)7)45-33(41)16-11-26-9-12-27(44-8)13-10-26/h9-14,16,29-32H,15,17-25H2,1-8H3,(H,42,43)/b16-11+/t29-,30?,31?,32-,37-,38+,39+,40-/m0/s1. The zero-order valence-corrected chi connectivity index (χ0v) is 29.0. The Labute approximate surface area is 271 Å². The van der Waals surface area contributed by atoms with Crippen molar-refractivity contribution in [3.05, 3.63) is 47.6 Å². The summed E-state index contributed by atoms with van der Waals surface area (Å²) in [5.41, 5.74) is 2.13. The summed E-state index contributed by atoms with van der Waals surface area (Å²) in [7, 11) is 1.65. The first kappa shape index (κ1) is 32.4. The summed E-state index contributed by atoms with van der Waals surface area (Å²) in [6.45, 7) is 17.0. The van der Waals surface area contributed by atoms with Gasteiger partial charge in [-0.1, -0.05) is 72.2 Å². The largest absolute Gasteiger partial charge is 0.497 e. The van der Waals surface area contributed by atoms with Crippen LogP contribution in [-0.4, -0.2) is 30.3 Å². The average Bonchev–Trinajstić information content (AvgIpc) is 2.97. The molecule has 8 atom stereocenters. The zero-order chi connectivity index (χ0) is 32.6. The SMILES string of the molecule is COc1ccc(/C=C/C(=O)O[C@H]2CC[C@@]3(C)C(CC[C@]4(C)C3CC=C3[C@@H]5CC(C)(C)CC[C@]5(C(=O)O)CC[C@]34C)C2(C)C)cc1. The minimum Gasteiger partial charge on any atom is -0.497 e. The molecule has 5 aliphatic carbocycles. The highest BCUT2D eigenvalue weighted by Crippen LogP contribution is 2.75. The Kier molecular flexibility index (Phi) is 7.73. The Morgan fingerprint density at radius 1 is 0.867 bits per heavy atom. The average molecular weight is 617 g/mol. The van der Waals surface area contributed by atoms with Crippen molar-refractivity contribution in [1.82, 2.24) is 0 Å². The summed E-state index contributed by atoms with van der Waals surface area (Å²) in [4.78, 5) is 26.0. The van der Waals surface area contributed by atoms with Crippen molar-refractivity contribution in [2.75, 3.05) is 7.11 Å². The van der Waals surface area contributed by atoms with Gasteiger partial charge in [-0.15, -0.1) is 0 Å². The smallest absolute Gasteiger partial charge is 0.331 e. The second kappa shape index (κ2) is 10.7. The number of rotatable bonds is 5. The molecule has 5 heteroatoms. The number of ether oxygens (including phenoxy) is 2. The summed E-state index contributed by atoms with van der Waals surface area (Å²) in [6.07, 6.45) is 15.6. The number of carbonyl (C=O) groups excluding carboxylic acids is 1. The molecule has 0 spiro atoms. The van der Waals surface area contributed by atoms with Crippen molar-refractivity contribution in [2.24, 2.45) is 50.2 Å². The zero-order valence-electron chi connectivity index (χ0n) is 29.0. The van der Waals surface area contributed by atoms with Gasteiger partial charge in [0, 0.05) is 11.5 Å². The molecule has 5 aliphatic rings. The molecule has 5 nitrogen and oxygen atoms in total. The second-order valence-corrected chi connectivity index (χ2v) is 17.6. The summed E-state index contributed by atoms with van der Waals surface area (Å²) in [6, 6.07) is 7.65. The van der Waals surface area contributed by atoms with Gasteiger partial charge in [0.05, 0.1) is 12.5 Å². The predicted octanol–water partition coefficient (Wildman–Crippen LogP) is 9.51. The second-order valence-electron chi connectivity index (χ2n) is 17.6. The molecular formula is C40H56O5. The third kappa shape index (κ3) is 4.84. The van der Waals surface area contributed by atoms with Crippen LogP contribution in [0.1, 0.15) is 118 Å². The van der Waals surface area contributed by atoms with Gasteiger partial charge in [0.1, 0.15) is 11.9 Å². The van der Waals surface area contributed by atoms with E-state index >= 15 is 0 Å². The summed E-state index contributed by atoms with van der Waals surface area (Å²) < 4.78 is 11.5. The van der Waals surface area contributed by atoms with E-state index in [1.165, 1.54) is 5.57 Å². The van der Waals surface area contributed by atoms with Gasteiger partial charge in [-0.05, 0) is 127 Å². The minimum absolute atomic E-state index is 0.0145. The van der Waals surface area contributed by atoms with Gasteiger partial charge in [-0.3, -0.25) is 4.79 Å². The van der Waals surface area contributed by atoms with E-state index < -0.39 is 11.4 Å². The molecule has 0 bridgehead atoms. The van der Waals surface area contributed by atoms with Crippen LogP contribution in [0.2, 0.25) is 0 Å². The molecule has 6 rings (SSSR count). The lowest BCUT2D eigenvalue weighted by atomic mass is 9.33. The van der Waals surface area contributed by atoms with Crippen LogP contribution < -0.4 is 4.74 Å². The van der Waals surface area contributed by atoms with Gasteiger partial charge in [0.25, 0.3) is 0 Å². The van der Waals surface area contributed by atoms with Crippen LogP contribution in [0.3, 0.4) is 0 Å². The van der Waals surface area contributed by atoms with Crippen LogP contribution in [0.4, 0.5) is 0 Å². The fourth-order valence-electron chi connectivity index (χ4n) is 11.9. The molecule has 1 aromatic rings. The van der Waals surface area contributed by atoms with E-state index in [-0.39, 0.29) is 45.1 Å². The summed E-state index contributed by atoms with van der Waals surface area (Å²) in [5.74, 6) is 1.07. The Morgan fingerprint density at radius 2 is 1.56 bits per heavy atom. The number of benzene rings is 1. The Hall–Kier alpha value is -2.56. The number of hydrogen-bond acceptors (Lipinski definition) is 4. The molecule has 0 aliphatic heterocycles. The van der Waals surface area contributed by atoms with Gasteiger partial charge >= 0.3 is 11.9 Å². The van der Waals surface area contributed by atoms with E-state index in [4.69, 9.17) is 9.47 Å². The summed E-state index contributed by atoms with van der Waals surface area (Å²) in [5, 5.41) is 10.6. The molecule has 4 fully saturated rings. The molecule has 0 amide bonds. The predicted molar refractivity (Wildman–Crippen MR) is 179 cm³/mol. The molecule has 45 heavy (non-hydrogen) atoms. The highest BCUT2D eigenvalue weighted by molar-refractivity contribution is 5.87. The van der Waals surface area contributed by atoms with Crippen molar-refractivity contribution in [2.45, 2.75) is 119 Å². The lowest BCUT2D eigenvalue weighted by Gasteiger charge is -2.71. The van der Waals surface area contributed by atoms with Crippen LogP contribution in [0.25, 0.3) is 6.08 Å². The maximum atomic E-state index is 13.1. The molecule has 246 valence electrons. The number of allylic oxidation sites excluding steroid dienone is 2. The van der Waals surface area contributed by atoms with E-state index in [0.717, 1.165) is 75.5 Å². The van der Waals surface area contributed by atoms with Crippen molar-refractivity contribution in [3.63, 3.8) is 0 Å². The van der Waals surface area contributed by atoms with Crippen LogP contribution in [-0.2, 0) is 14.3 Å². The van der Waals surface area contributed by atoms with E-state index in [0.29, 0.717) is 11.8 Å². The molecule has 1 aromatic carbocycles.